The molecule has 0 saturated heterocycles. The molecular formula is C20H21Cl2N3O. The van der Waals surface area contributed by atoms with E-state index in [2.05, 4.69) is 17.1 Å². The second-order valence-electron chi connectivity index (χ2n) is 6.29. The minimum Gasteiger partial charge on any atom is -0.387 e. The zero-order valence-corrected chi connectivity index (χ0v) is 16.6. The Hall–Kier alpha value is -2.04. The molecule has 0 aromatic heterocycles. The van der Waals surface area contributed by atoms with E-state index in [0.717, 1.165) is 34.6 Å². The van der Waals surface area contributed by atoms with Crippen LogP contribution < -0.4 is 0 Å². The molecule has 0 radical (unpaired) electrons. The van der Waals surface area contributed by atoms with Gasteiger partial charge in [-0.1, -0.05) is 46.6 Å². The Labute approximate surface area is 164 Å². The van der Waals surface area contributed by atoms with Gasteiger partial charge in [-0.05, 0) is 43.2 Å². The molecule has 0 spiro atoms. The molecule has 1 unspecified atom stereocenters. The number of hydrogen-bond donors (Lipinski definition) is 0. The number of halogens is 2. The van der Waals surface area contributed by atoms with Crippen molar-refractivity contribution in [1.82, 2.24) is 4.90 Å². The first kappa shape index (κ1) is 18.7. The number of aryl methyl sites for hydroxylation is 1. The van der Waals surface area contributed by atoms with Crippen LogP contribution in [0.15, 0.2) is 46.5 Å². The van der Waals surface area contributed by atoms with Gasteiger partial charge in [-0.2, -0.15) is 0 Å². The van der Waals surface area contributed by atoms with E-state index in [4.69, 9.17) is 28.0 Å². The predicted octanol–water partition coefficient (Wildman–Crippen LogP) is 5.78. The SMILES string of the molecule is CCN(C)/C=N\c1cc(C)c(C2CC(c3ccccc3Cl)=NO2)cc1Cl. The Morgan fingerprint density at radius 1 is 1.27 bits per heavy atom. The van der Waals surface area contributed by atoms with E-state index >= 15 is 0 Å². The van der Waals surface area contributed by atoms with E-state index in [-0.39, 0.29) is 6.10 Å². The second kappa shape index (κ2) is 8.11. The molecular weight excluding hydrogens is 369 g/mol. The summed E-state index contributed by atoms with van der Waals surface area (Å²) in [4.78, 5) is 12.1. The molecule has 2 aromatic rings. The summed E-state index contributed by atoms with van der Waals surface area (Å²) in [5, 5.41) is 5.52. The first-order valence-corrected chi connectivity index (χ1v) is 9.27. The molecule has 1 aliphatic heterocycles. The largest absolute Gasteiger partial charge is 0.387 e. The molecule has 1 heterocycles. The van der Waals surface area contributed by atoms with Crippen LogP contribution in [0.5, 0.6) is 0 Å². The van der Waals surface area contributed by atoms with E-state index in [9.17, 15) is 0 Å². The molecule has 1 atom stereocenters. The fourth-order valence-electron chi connectivity index (χ4n) is 2.77. The summed E-state index contributed by atoms with van der Waals surface area (Å²) in [6, 6.07) is 11.6. The quantitative estimate of drug-likeness (QED) is 0.479. The Bertz CT molecular complexity index is 864. The van der Waals surface area contributed by atoms with Gasteiger partial charge in [-0.25, -0.2) is 4.99 Å². The van der Waals surface area contributed by atoms with E-state index < -0.39 is 0 Å². The van der Waals surface area contributed by atoms with Gasteiger partial charge < -0.3 is 9.74 Å². The van der Waals surface area contributed by atoms with Crippen LogP contribution in [0.3, 0.4) is 0 Å². The highest BCUT2D eigenvalue weighted by molar-refractivity contribution is 6.34. The fourth-order valence-corrected chi connectivity index (χ4v) is 3.23. The molecule has 0 fully saturated rings. The average Bonchev–Trinajstić information content (AvgIpc) is 3.11. The van der Waals surface area contributed by atoms with E-state index in [1.165, 1.54) is 0 Å². The molecule has 0 bridgehead atoms. The molecule has 0 amide bonds. The van der Waals surface area contributed by atoms with Crippen molar-refractivity contribution in [2.45, 2.75) is 26.4 Å². The minimum absolute atomic E-state index is 0.171. The molecule has 1 aliphatic rings. The van der Waals surface area contributed by atoms with E-state index in [1.807, 2.05) is 55.3 Å². The van der Waals surface area contributed by atoms with Crippen LogP contribution >= 0.6 is 23.2 Å². The average molecular weight is 390 g/mol. The summed E-state index contributed by atoms with van der Waals surface area (Å²) in [6.07, 6.45) is 2.27. The van der Waals surface area contributed by atoms with Gasteiger partial charge in [0.05, 0.1) is 22.8 Å². The normalized spacial score (nSPS) is 16.7. The Balaban J connectivity index is 1.80. The van der Waals surface area contributed by atoms with Crippen molar-refractivity contribution in [1.29, 1.82) is 0 Å². The first-order valence-electron chi connectivity index (χ1n) is 8.51. The maximum absolute atomic E-state index is 6.44. The van der Waals surface area contributed by atoms with Gasteiger partial charge in [0.15, 0.2) is 6.10 Å². The number of benzene rings is 2. The van der Waals surface area contributed by atoms with Gasteiger partial charge in [-0.15, -0.1) is 0 Å². The van der Waals surface area contributed by atoms with Crippen molar-refractivity contribution >= 4 is 40.9 Å². The van der Waals surface area contributed by atoms with Crippen molar-refractivity contribution < 1.29 is 4.84 Å². The third-order valence-electron chi connectivity index (χ3n) is 4.43. The Morgan fingerprint density at radius 2 is 2.04 bits per heavy atom. The lowest BCUT2D eigenvalue weighted by Gasteiger charge is -2.14. The highest BCUT2D eigenvalue weighted by Gasteiger charge is 2.27. The van der Waals surface area contributed by atoms with Crippen LogP contribution in [0.25, 0.3) is 0 Å². The predicted molar refractivity (Wildman–Crippen MR) is 109 cm³/mol. The smallest absolute Gasteiger partial charge is 0.158 e. The van der Waals surface area contributed by atoms with Crippen molar-refractivity contribution in [3.63, 3.8) is 0 Å². The summed E-state index contributed by atoms with van der Waals surface area (Å²) < 4.78 is 0. The van der Waals surface area contributed by atoms with Gasteiger partial charge >= 0.3 is 0 Å². The lowest BCUT2D eigenvalue weighted by atomic mass is 9.97. The van der Waals surface area contributed by atoms with Crippen LogP contribution in [-0.4, -0.2) is 30.5 Å². The summed E-state index contributed by atoms with van der Waals surface area (Å²) >= 11 is 12.7. The summed E-state index contributed by atoms with van der Waals surface area (Å²) in [6.45, 7) is 4.98. The highest BCUT2D eigenvalue weighted by Crippen LogP contribution is 2.37. The number of oxime groups is 1. The van der Waals surface area contributed by atoms with Crippen molar-refractivity contribution in [2.24, 2.45) is 10.1 Å². The van der Waals surface area contributed by atoms with Gasteiger partial charge in [0.1, 0.15) is 0 Å². The van der Waals surface area contributed by atoms with Crippen LogP contribution in [-0.2, 0) is 4.84 Å². The molecule has 3 rings (SSSR count). The Morgan fingerprint density at radius 3 is 2.77 bits per heavy atom. The van der Waals surface area contributed by atoms with Crippen LogP contribution in [0.1, 0.15) is 36.1 Å². The first-order chi connectivity index (χ1) is 12.5. The molecule has 0 saturated carbocycles. The monoisotopic (exact) mass is 389 g/mol. The van der Waals surface area contributed by atoms with Gasteiger partial charge in [0.2, 0.25) is 0 Å². The third-order valence-corrected chi connectivity index (χ3v) is 5.06. The summed E-state index contributed by atoms with van der Waals surface area (Å²) in [7, 11) is 1.97. The van der Waals surface area contributed by atoms with Crippen LogP contribution in [0.4, 0.5) is 5.69 Å². The topological polar surface area (TPSA) is 37.2 Å². The molecule has 6 heteroatoms. The maximum Gasteiger partial charge on any atom is 0.158 e. The van der Waals surface area contributed by atoms with Crippen molar-refractivity contribution in [3.8, 4) is 0 Å². The second-order valence-corrected chi connectivity index (χ2v) is 7.11. The molecule has 4 nitrogen and oxygen atoms in total. The van der Waals surface area contributed by atoms with Gasteiger partial charge in [0.25, 0.3) is 0 Å². The molecule has 0 aliphatic carbocycles. The summed E-state index contributed by atoms with van der Waals surface area (Å²) in [5.74, 6) is 0. The summed E-state index contributed by atoms with van der Waals surface area (Å²) in [5.41, 5.74) is 4.59. The molecule has 0 N–H and O–H groups in total. The zero-order valence-electron chi connectivity index (χ0n) is 15.0. The standard InChI is InChI=1S/C20H21Cl2N3O/c1-4-25(3)12-23-19-9-13(2)15(10-17(19)22)20-11-18(24-26-20)14-7-5-6-8-16(14)21/h5-10,12,20H,4,11H2,1-3H3/b23-12-. The van der Waals surface area contributed by atoms with Gasteiger partial charge in [0, 0.05) is 30.6 Å². The van der Waals surface area contributed by atoms with Crippen LogP contribution in [0.2, 0.25) is 10.0 Å². The number of nitrogens with zero attached hydrogens (tertiary/aromatic N) is 3. The number of aliphatic imine (C=N–C) groups is 1. The number of hydrogen-bond acceptors (Lipinski definition) is 3. The third kappa shape index (κ3) is 4.02. The number of rotatable bonds is 5. The van der Waals surface area contributed by atoms with Crippen molar-refractivity contribution in [2.75, 3.05) is 13.6 Å². The molecule has 2 aromatic carbocycles. The highest BCUT2D eigenvalue weighted by atomic mass is 35.5. The molecule has 26 heavy (non-hydrogen) atoms. The van der Waals surface area contributed by atoms with Crippen LogP contribution in [0, 0.1) is 6.92 Å². The minimum atomic E-state index is -0.171. The van der Waals surface area contributed by atoms with E-state index in [1.54, 1.807) is 6.34 Å². The fraction of sp³-hybridized carbons (Fsp3) is 0.300. The Kier molecular flexibility index (Phi) is 5.84. The zero-order chi connectivity index (χ0) is 18.7. The van der Waals surface area contributed by atoms with Gasteiger partial charge in [-0.3, -0.25) is 0 Å². The molecule has 136 valence electrons. The van der Waals surface area contributed by atoms with Crippen molar-refractivity contribution in [3.05, 3.63) is 63.1 Å². The maximum atomic E-state index is 6.44. The van der Waals surface area contributed by atoms with E-state index in [0.29, 0.717) is 16.5 Å². The lowest BCUT2D eigenvalue weighted by molar-refractivity contribution is 0.0853. The lowest BCUT2D eigenvalue weighted by Crippen LogP contribution is -2.14.